The molecule has 1 amide bonds. The van der Waals surface area contributed by atoms with Gasteiger partial charge in [0.2, 0.25) is 0 Å². The third-order valence-corrected chi connectivity index (χ3v) is 3.83. The molecule has 0 unspecified atom stereocenters. The summed E-state index contributed by atoms with van der Waals surface area (Å²) in [7, 11) is 0. The Hall–Kier alpha value is -2.30. The summed E-state index contributed by atoms with van der Waals surface area (Å²) >= 11 is 0. The van der Waals surface area contributed by atoms with Crippen molar-refractivity contribution >= 4 is 23.3 Å². The molecular formula is C17H20N2O3. The number of rotatable bonds is 1. The van der Waals surface area contributed by atoms with E-state index in [1.165, 1.54) is 4.90 Å². The van der Waals surface area contributed by atoms with Gasteiger partial charge in [0.25, 0.3) is 0 Å². The third kappa shape index (κ3) is 2.58. The summed E-state index contributed by atoms with van der Waals surface area (Å²) in [5.74, 6) is 0. The highest BCUT2D eigenvalue weighted by Gasteiger charge is 2.34. The average Bonchev–Trinajstić information content (AvgIpc) is 2.81. The summed E-state index contributed by atoms with van der Waals surface area (Å²) in [6, 6.07) is 7.50. The minimum Gasteiger partial charge on any atom is -0.444 e. The van der Waals surface area contributed by atoms with Gasteiger partial charge in [-0.3, -0.25) is 4.90 Å². The number of hydrogen-bond donors (Lipinski definition) is 1. The van der Waals surface area contributed by atoms with Crippen LogP contribution in [0.25, 0.3) is 10.9 Å². The maximum atomic E-state index is 12.3. The Labute approximate surface area is 129 Å². The molecule has 1 aliphatic heterocycles. The molecule has 2 heterocycles. The molecule has 5 heteroatoms. The van der Waals surface area contributed by atoms with Crippen molar-refractivity contribution in [1.29, 1.82) is 0 Å². The largest absolute Gasteiger partial charge is 0.444 e. The number of H-pyrrole nitrogens is 1. The number of ether oxygens (including phenoxy) is 1. The van der Waals surface area contributed by atoms with Crippen molar-refractivity contribution in [2.75, 3.05) is 0 Å². The van der Waals surface area contributed by atoms with Crippen LogP contribution in [0.15, 0.2) is 24.3 Å². The van der Waals surface area contributed by atoms with Crippen LogP contribution in [0.3, 0.4) is 0 Å². The Kier molecular flexibility index (Phi) is 3.43. The van der Waals surface area contributed by atoms with E-state index in [4.69, 9.17) is 4.74 Å². The number of nitrogens with zero attached hydrogens (tertiary/aromatic N) is 1. The summed E-state index contributed by atoms with van der Waals surface area (Å²) in [6.07, 6.45) is 0.894. The lowest BCUT2D eigenvalue weighted by Crippen LogP contribution is -2.47. The van der Waals surface area contributed by atoms with Crippen LogP contribution in [-0.4, -0.2) is 33.9 Å². The molecule has 1 aromatic carbocycles. The van der Waals surface area contributed by atoms with Gasteiger partial charge in [0.15, 0.2) is 0 Å². The Morgan fingerprint density at radius 3 is 2.77 bits per heavy atom. The minimum atomic E-state index is -0.578. The van der Waals surface area contributed by atoms with E-state index in [0.29, 0.717) is 13.0 Å². The van der Waals surface area contributed by atoms with Crippen molar-refractivity contribution in [3.8, 4) is 0 Å². The number of aromatic amines is 1. The second-order valence-corrected chi connectivity index (χ2v) is 6.64. The van der Waals surface area contributed by atoms with Gasteiger partial charge in [0.05, 0.1) is 12.6 Å². The molecule has 0 radical (unpaired) electrons. The van der Waals surface area contributed by atoms with Gasteiger partial charge in [-0.25, -0.2) is 4.79 Å². The number of nitrogens with one attached hydrogen (secondary N) is 1. The number of aromatic nitrogens is 1. The van der Waals surface area contributed by atoms with Crippen LogP contribution in [-0.2, 0) is 22.5 Å². The van der Waals surface area contributed by atoms with E-state index in [9.17, 15) is 9.59 Å². The molecule has 0 saturated heterocycles. The van der Waals surface area contributed by atoms with Gasteiger partial charge in [-0.1, -0.05) is 18.2 Å². The van der Waals surface area contributed by atoms with Crippen LogP contribution in [0.2, 0.25) is 0 Å². The highest BCUT2D eigenvalue weighted by atomic mass is 16.6. The molecule has 1 aromatic heterocycles. The maximum absolute atomic E-state index is 12.3. The highest BCUT2D eigenvalue weighted by Crippen LogP contribution is 2.30. The van der Waals surface area contributed by atoms with Gasteiger partial charge in [-0.2, -0.15) is 0 Å². The predicted molar refractivity (Wildman–Crippen MR) is 83.6 cm³/mol. The Morgan fingerprint density at radius 1 is 1.36 bits per heavy atom. The first-order valence-electron chi connectivity index (χ1n) is 7.42. The zero-order chi connectivity index (χ0) is 15.9. The number of fused-ring (bicyclic) bond motifs is 3. The maximum Gasteiger partial charge on any atom is 0.411 e. The second kappa shape index (κ2) is 5.16. The number of benzene rings is 1. The highest BCUT2D eigenvalue weighted by molar-refractivity contribution is 5.86. The van der Waals surface area contributed by atoms with Crippen molar-refractivity contribution in [3.05, 3.63) is 35.5 Å². The number of carbonyl (C=O) groups is 2. The van der Waals surface area contributed by atoms with E-state index in [0.717, 1.165) is 28.4 Å². The van der Waals surface area contributed by atoms with E-state index in [1.54, 1.807) is 0 Å². The smallest absolute Gasteiger partial charge is 0.411 e. The summed E-state index contributed by atoms with van der Waals surface area (Å²) in [5, 5.41) is 1.12. The van der Waals surface area contributed by atoms with Gasteiger partial charge in [-0.15, -0.1) is 0 Å². The first-order chi connectivity index (χ1) is 10.4. The Morgan fingerprint density at radius 2 is 2.09 bits per heavy atom. The molecule has 3 rings (SSSR count). The summed E-state index contributed by atoms with van der Waals surface area (Å²) in [5.41, 5.74) is 2.55. The molecule has 0 fully saturated rings. The van der Waals surface area contributed by atoms with E-state index in [-0.39, 0.29) is 0 Å². The predicted octanol–water partition coefficient (Wildman–Crippen LogP) is 3.03. The third-order valence-electron chi connectivity index (χ3n) is 3.83. The molecule has 0 bridgehead atoms. The minimum absolute atomic E-state index is 0.363. The Bertz CT molecular complexity index is 727. The van der Waals surface area contributed by atoms with Gasteiger partial charge in [0.1, 0.15) is 11.9 Å². The molecule has 0 aliphatic carbocycles. The molecule has 0 spiro atoms. The van der Waals surface area contributed by atoms with Gasteiger partial charge in [0, 0.05) is 23.0 Å². The van der Waals surface area contributed by atoms with Crippen LogP contribution < -0.4 is 0 Å². The first-order valence-corrected chi connectivity index (χ1v) is 7.42. The van der Waals surface area contributed by atoms with Crippen LogP contribution in [0.5, 0.6) is 0 Å². The molecule has 0 saturated carbocycles. The fraction of sp³-hybridized carbons (Fsp3) is 0.412. The van der Waals surface area contributed by atoms with Crippen LogP contribution >= 0.6 is 0 Å². The molecule has 1 N–H and O–H groups in total. The SMILES string of the molecule is CC(C)(C)OC(=O)N1Cc2[nH]c3ccccc3c2C[C@H]1C=O. The fourth-order valence-corrected chi connectivity index (χ4v) is 2.87. The van der Waals surface area contributed by atoms with Crippen molar-refractivity contribution in [1.82, 2.24) is 9.88 Å². The summed E-state index contributed by atoms with van der Waals surface area (Å²) in [6.45, 7) is 5.82. The standard InChI is InChI=1S/C17H20N2O3/c1-17(2,3)22-16(21)19-9-15-13(8-11(19)10-20)12-6-4-5-7-14(12)18-15/h4-7,10-11,18H,8-9H2,1-3H3/t11-/m0/s1. The lowest BCUT2D eigenvalue weighted by atomic mass is 9.98. The lowest BCUT2D eigenvalue weighted by Gasteiger charge is -2.34. The number of amides is 1. The number of para-hydroxylation sites is 1. The molecular weight excluding hydrogens is 280 g/mol. The van der Waals surface area contributed by atoms with Crippen LogP contribution in [0.4, 0.5) is 4.79 Å². The second-order valence-electron chi connectivity index (χ2n) is 6.64. The monoisotopic (exact) mass is 300 g/mol. The van der Waals surface area contributed by atoms with Crippen molar-refractivity contribution in [3.63, 3.8) is 0 Å². The quantitative estimate of drug-likeness (QED) is 0.823. The molecule has 116 valence electrons. The molecule has 5 nitrogen and oxygen atoms in total. The molecule has 22 heavy (non-hydrogen) atoms. The van der Waals surface area contributed by atoms with Gasteiger partial charge < -0.3 is 14.5 Å². The lowest BCUT2D eigenvalue weighted by molar-refractivity contribution is -0.113. The van der Waals surface area contributed by atoms with Crippen LogP contribution in [0.1, 0.15) is 32.0 Å². The van der Waals surface area contributed by atoms with E-state index in [1.807, 2.05) is 45.0 Å². The van der Waals surface area contributed by atoms with Gasteiger partial charge in [-0.05, 0) is 32.4 Å². The topological polar surface area (TPSA) is 62.4 Å². The molecule has 1 aliphatic rings. The van der Waals surface area contributed by atoms with E-state index < -0.39 is 17.7 Å². The molecule has 1 atom stereocenters. The van der Waals surface area contributed by atoms with Gasteiger partial charge >= 0.3 is 6.09 Å². The average molecular weight is 300 g/mol. The van der Waals surface area contributed by atoms with Crippen molar-refractivity contribution in [2.24, 2.45) is 0 Å². The summed E-state index contributed by atoms with van der Waals surface area (Å²) < 4.78 is 5.41. The zero-order valence-electron chi connectivity index (χ0n) is 13.1. The number of carbonyl (C=O) groups excluding carboxylic acids is 2. The van der Waals surface area contributed by atoms with E-state index in [2.05, 4.69) is 4.98 Å². The normalized spacial score (nSPS) is 18.1. The summed E-state index contributed by atoms with van der Waals surface area (Å²) in [4.78, 5) is 28.6. The van der Waals surface area contributed by atoms with Crippen LogP contribution in [0, 0.1) is 0 Å². The molecule has 2 aromatic rings. The number of hydrogen-bond acceptors (Lipinski definition) is 3. The number of aldehydes is 1. The fourth-order valence-electron chi connectivity index (χ4n) is 2.87. The van der Waals surface area contributed by atoms with Crippen molar-refractivity contribution in [2.45, 2.75) is 45.4 Å². The van der Waals surface area contributed by atoms with Crippen molar-refractivity contribution < 1.29 is 14.3 Å². The zero-order valence-corrected chi connectivity index (χ0v) is 13.1. The first kappa shape index (κ1) is 14.6. The van der Waals surface area contributed by atoms with E-state index >= 15 is 0 Å². The Balaban J connectivity index is 1.95.